The lowest BCUT2D eigenvalue weighted by molar-refractivity contribution is -0.105. The molecule has 22 heavy (non-hydrogen) atoms. The van der Waals surface area contributed by atoms with E-state index >= 15 is 0 Å². The van der Waals surface area contributed by atoms with Crippen molar-refractivity contribution in [3.63, 3.8) is 0 Å². The summed E-state index contributed by atoms with van der Waals surface area (Å²) in [6, 6.07) is 8.30. The summed E-state index contributed by atoms with van der Waals surface area (Å²) in [5, 5.41) is 13.9. The van der Waals surface area contributed by atoms with Crippen molar-refractivity contribution in [3.05, 3.63) is 29.8 Å². The van der Waals surface area contributed by atoms with Crippen LogP contribution in [0.5, 0.6) is 0 Å². The molecule has 4 nitrogen and oxygen atoms in total. The molecular formula is C18H36N2O2. The van der Waals surface area contributed by atoms with Gasteiger partial charge in [-0.2, -0.15) is 0 Å². The van der Waals surface area contributed by atoms with Crippen molar-refractivity contribution in [2.24, 2.45) is 0 Å². The molecule has 0 aliphatic carbocycles. The molecule has 0 unspecified atom stereocenters. The molecular weight excluding hydrogens is 276 g/mol. The highest BCUT2D eigenvalue weighted by Crippen LogP contribution is 2.08. The van der Waals surface area contributed by atoms with E-state index in [1.165, 1.54) is 5.56 Å². The van der Waals surface area contributed by atoms with Gasteiger partial charge < -0.3 is 15.7 Å². The molecule has 3 N–H and O–H groups in total. The van der Waals surface area contributed by atoms with Crippen molar-refractivity contribution in [1.29, 1.82) is 0 Å². The second-order valence-electron chi connectivity index (χ2n) is 4.15. The molecule has 0 saturated heterocycles. The molecule has 0 saturated carbocycles. The standard InChI is InChI=1S/C9H11NO.C5H13NO.2C2H6/c1-2-8-3-5-9(6-4-8)10-7-11;1-5(2)6-3-4-7;2*1-2/h3-7H,2H2,1H3,(H,10,11);5-7H,3-4H2,1-2H3;2*1-2H3. The first-order valence-corrected chi connectivity index (χ1v) is 8.27. The number of amides is 1. The fourth-order valence-corrected chi connectivity index (χ4v) is 1.26. The third-order valence-corrected chi connectivity index (χ3v) is 2.25. The van der Waals surface area contributed by atoms with E-state index in [0.29, 0.717) is 19.0 Å². The number of hydrogen-bond acceptors (Lipinski definition) is 3. The number of aliphatic hydroxyl groups excluding tert-OH is 1. The monoisotopic (exact) mass is 312 g/mol. The number of carbonyl (C=O) groups is 1. The largest absolute Gasteiger partial charge is 0.395 e. The van der Waals surface area contributed by atoms with E-state index in [1.54, 1.807) is 0 Å². The summed E-state index contributed by atoms with van der Waals surface area (Å²) in [5.41, 5.74) is 2.12. The fraction of sp³-hybridized carbons (Fsp3) is 0.611. The van der Waals surface area contributed by atoms with Crippen LogP contribution in [-0.4, -0.2) is 30.7 Å². The molecule has 1 rings (SSSR count). The fourth-order valence-electron chi connectivity index (χ4n) is 1.26. The van der Waals surface area contributed by atoms with Crippen LogP contribution >= 0.6 is 0 Å². The maximum atomic E-state index is 10.0. The number of anilines is 1. The SMILES string of the molecule is CC.CC.CC(C)NCCO.CCc1ccc(NC=O)cc1. The first-order valence-electron chi connectivity index (χ1n) is 8.27. The van der Waals surface area contributed by atoms with Crippen LogP contribution in [0.2, 0.25) is 0 Å². The number of carbonyl (C=O) groups excluding carboxylic acids is 1. The van der Waals surface area contributed by atoms with E-state index in [1.807, 2.05) is 52.0 Å². The van der Waals surface area contributed by atoms with Crippen molar-refractivity contribution in [1.82, 2.24) is 5.32 Å². The summed E-state index contributed by atoms with van der Waals surface area (Å²) >= 11 is 0. The highest BCUT2D eigenvalue weighted by atomic mass is 16.3. The second kappa shape index (κ2) is 21.9. The lowest BCUT2D eigenvalue weighted by atomic mass is 10.1. The van der Waals surface area contributed by atoms with Gasteiger partial charge in [0.2, 0.25) is 6.41 Å². The Labute approximate surface area is 137 Å². The molecule has 0 heterocycles. The molecule has 4 heteroatoms. The Balaban J connectivity index is -0.000000285. The molecule has 130 valence electrons. The summed E-state index contributed by atoms with van der Waals surface area (Å²) in [7, 11) is 0. The summed E-state index contributed by atoms with van der Waals surface area (Å²) < 4.78 is 0. The minimum atomic E-state index is 0.234. The van der Waals surface area contributed by atoms with Gasteiger partial charge in [0.1, 0.15) is 0 Å². The predicted molar refractivity (Wildman–Crippen MR) is 98.4 cm³/mol. The molecule has 0 spiro atoms. The zero-order valence-corrected chi connectivity index (χ0v) is 15.4. The second-order valence-corrected chi connectivity index (χ2v) is 4.15. The minimum Gasteiger partial charge on any atom is -0.395 e. The Bertz CT molecular complexity index is 311. The Morgan fingerprint density at radius 2 is 1.59 bits per heavy atom. The van der Waals surface area contributed by atoms with Gasteiger partial charge in [-0.1, -0.05) is 60.6 Å². The van der Waals surface area contributed by atoms with Crippen LogP contribution in [0.1, 0.15) is 54.0 Å². The third kappa shape index (κ3) is 18.6. The van der Waals surface area contributed by atoms with Crippen LogP contribution in [0.15, 0.2) is 24.3 Å². The van der Waals surface area contributed by atoms with Crippen molar-refractivity contribution in [2.75, 3.05) is 18.5 Å². The number of rotatable bonds is 6. The summed E-state index contributed by atoms with van der Waals surface area (Å²) in [4.78, 5) is 10.0. The van der Waals surface area contributed by atoms with Crippen LogP contribution < -0.4 is 10.6 Å². The quantitative estimate of drug-likeness (QED) is 0.699. The topological polar surface area (TPSA) is 61.4 Å². The molecule has 0 aliphatic rings. The predicted octanol–water partition coefficient (Wildman–Crippen LogP) is 3.85. The molecule has 1 aromatic carbocycles. The zero-order valence-electron chi connectivity index (χ0n) is 15.4. The Morgan fingerprint density at radius 3 is 1.86 bits per heavy atom. The van der Waals surface area contributed by atoms with Crippen molar-refractivity contribution in [3.8, 4) is 0 Å². The van der Waals surface area contributed by atoms with Gasteiger partial charge in [0, 0.05) is 18.3 Å². The molecule has 0 aromatic heterocycles. The maximum absolute atomic E-state index is 10.0. The van der Waals surface area contributed by atoms with E-state index in [0.717, 1.165) is 12.1 Å². The van der Waals surface area contributed by atoms with Crippen LogP contribution in [-0.2, 0) is 11.2 Å². The number of aliphatic hydroxyl groups is 1. The van der Waals surface area contributed by atoms with Gasteiger partial charge in [-0.25, -0.2) is 0 Å². The van der Waals surface area contributed by atoms with E-state index in [4.69, 9.17) is 5.11 Å². The Morgan fingerprint density at radius 1 is 1.09 bits per heavy atom. The van der Waals surface area contributed by atoms with E-state index < -0.39 is 0 Å². The van der Waals surface area contributed by atoms with E-state index in [9.17, 15) is 4.79 Å². The van der Waals surface area contributed by atoms with Crippen molar-refractivity contribution >= 4 is 12.1 Å². The number of hydrogen-bond donors (Lipinski definition) is 3. The average molecular weight is 312 g/mol. The number of nitrogens with one attached hydrogen (secondary N) is 2. The average Bonchev–Trinajstić information content (AvgIpc) is 2.58. The Hall–Kier alpha value is -1.39. The van der Waals surface area contributed by atoms with Crippen LogP contribution in [0, 0.1) is 0 Å². The normalized spacial score (nSPS) is 8.41. The van der Waals surface area contributed by atoms with Crippen molar-refractivity contribution in [2.45, 2.75) is 60.9 Å². The minimum absolute atomic E-state index is 0.234. The first kappa shape index (κ1) is 25.6. The molecule has 1 amide bonds. The third-order valence-electron chi connectivity index (χ3n) is 2.25. The zero-order chi connectivity index (χ0) is 17.8. The first-order chi connectivity index (χ1) is 10.6. The highest BCUT2D eigenvalue weighted by Gasteiger charge is 1.89. The maximum Gasteiger partial charge on any atom is 0.211 e. The van der Waals surface area contributed by atoms with Gasteiger partial charge in [-0.3, -0.25) is 4.79 Å². The van der Waals surface area contributed by atoms with Gasteiger partial charge >= 0.3 is 0 Å². The molecule has 0 aliphatic heterocycles. The molecule has 0 radical (unpaired) electrons. The number of benzene rings is 1. The van der Waals surface area contributed by atoms with Gasteiger partial charge in [-0.05, 0) is 24.1 Å². The van der Waals surface area contributed by atoms with Crippen LogP contribution in [0.4, 0.5) is 5.69 Å². The summed E-state index contributed by atoms with van der Waals surface area (Å²) in [6.45, 7) is 15.1. The smallest absolute Gasteiger partial charge is 0.211 e. The highest BCUT2D eigenvalue weighted by molar-refractivity contribution is 5.70. The van der Waals surface area contributed by atoms with Crippen LogP contribution in [0.25, 0.3) is 0 Å². The lowest BCUT2D eigenvalue weighted by Gasteiger charge is -2.03. The van der Waals surface area contributed by atoms with Gasteiger partial charge in [-0.15, -0.1) is 0 Å². The van der Waals surface area contributed by atoms with E-state index in [-0.39, 0.29) is 6.61 Å². The van der Waals surface area contributed by atoms with Crippen molar-refractivity contribution < 1.29 is 9.90 Å². The molecule has 0 bridgehead atoms. The molecule has 0 atom stereocenters. The van der Waals surface area contributed by atoms with Gasteiger partial charge in [0.15, 0.2) is 0 Å². The summed E-state index contributed by atoms with van der Waals surface area (Å²) in [6.07, 6.45) is 1.71. The Kier molecular flexibility index (Phi) is 25.4. The van der Waals surface area contributed by atoms with Crippen LogP contribution in [0.3, 0.4) is 0 Å². The molecule has 1 aromatic rings. The van der Waals surface area contributed by atoms with Gasteiger partial charge in [0.05, 0.1) is 6.61 Å². The lowest BCUT2D eigenvalue weighted by Crippen LogP contribution is -2.25. The van der Waals surface area contributed by atoms with Gasteiger partial charge in [0.25, 0.3) is 0 Å². The summed E-state index contributed by atoms with van der Waals surface area (Å²) in [5.74, 6) is 0. The molecule has 0 fully saturated rings. The van der Waals surface area contributed by atoms with E-state index in [2.05, 4.69) is 31.4 Å². The number of aryl methyl sites for hydroxylation is 1.